The van der Waals surface area contributed by atoms with Crippen molar-refractivity contribution in [3.63, 3.8) is 0 Å². The summed E-state index contributed by atoms with van der Waals surface area (Å²) in [6.07, 6.45) is 0. The van der Waals surface area contributed by atoms with Gasteiger partial charge in [0.15, 0.2) is 5.82 Å². The summed E-state index contributed by atoms with van der Waals surface area (Å²) in [5, 5.41) is 4.79. The van der Waals surface area contributed by atoms with Crippen molar-refractivity contribution >= 4 is 43.6 Å². The van der Waals surface area contributed by atoms with Crippen molar-refractivity contribution in [2.45, 2.75) is 0 Å². The molecule has 0 N–H and O–H groups in total. The number of hydrogen-bond acceptors (Lipinski definition) is 2. The Balaban J connectivity index is 1.25. The van der Waals surface area contributed by atoms with E-state index in [9.17, 15) is 0 Å². The molecule has 0 atom stereocenters. The summed E-state index contributed by atoms with van der Waals surface area (Å²) >= 11 is 0. The first kappa shape index (κ1) is 28.3. The van der Waals surface area contributed by atoms with Crippen molar-refractivity contribution in [1.82, 2.24) is 19.1 Å². The molecule has 0 aliphatic heterocycles. The van der Waals surface area contributed by atoms with Crippen molar-refractivity contribution in [1.29, 1.82) is 0 Å². The summed E-state index contributed by atoms with van der Waals surface area (Å²) in [5.74, 6) is 1.52. The van der Waals surface area contributed by atoms with E-state index in [1.54, 1.807) is 0 Å². The van der Waals surface area contributed by atoms with E-state index in [4.69, 9.17) is 9.97 Å². The summed E-state index contributed by atoms with van der Waals surface area (Å²) < 4.78 is 4.69. The Labute approximate surface area is 289 Å². The predicted octanol–water partition coefficient (Wildman–Crippen LogP) is 11.7. The maximum atomic E-state index is 5.32. The lowest BCUT2D eigenvalue weighted by Crippen LogP contribution is -2.02. The molecule has 0 saturated heterocycles. The van der Waals surface area contributed by atoms with Crippen LogP contribution in [0.4, 0.5) is 0 Å². The highest BCUT2D eigenvalue weighted by molar-refractivity contribution is 6.19. The molecule has 3 aromatic heterocycles. The average molecular weight is 639 g/mol. The first-order chi connectivity index (χ1) is 24.8. The Bertz CT molecular complexity index is 2830. The Morgan fingerprint density at radius 2 is 0.800 bits per heavy atom. The lowest BCUT2D eigenvalue weighted by atomic mass is 10.0. The molecule has 50 heavy (non-hydrogen) atoms. The quantitative estimate of drug-likeness (QED) is 0.188. The van der Waals surface area contributed by atoms with Gasteiger partial charge in [-0.25, -0.2) is 9.97 Å². The molecular weight excluding hydrogens is 609 g/mol. The van der Waals surface area contributed by atoms with Crippen molar-refractivity contribution in [3.8, 4) is 45.3 Å². The monoisotopic (exact) mass is 638 g/mol. The van der Waals surface area contributed by atoms with Gasteiger partial charge in [-0.2, -0.15) is 0 Å². The van der Waals surface area contributed by atoms with Gasteiger partial charge in [0.05, 0.1) is 27.8 Å². The summed E-state index contributed by atoms with van der Waals surface area (Å²) in [6, 6.07) is 64.2. The molecule has 3 heterocycles. The van der Waals surface area contributed by atoms with Gasteiger partial charge >= 0.3 is 0 Å². The average Bonchev–Trinajstić information content (AvgIpc) is 3.70. The maximum absolute atomic E-state index is 5.32. The van der Waals surface area contributed by atoms with Crippen LogP contribution >= 0.6 is 0 Å². The second kappa shape index (κ2) is 11.4. The van der Waals surface area contributed by atoms with Crippen LogP contribution < -0.4 is 0 Å². The van der Waals surface area contributed by atoms with Crippen LogP contribution in [0.5, 0.6) is 0 Å². The molecular formula is C46H30N4. The molecule has 234 valence electrons. The highest BCUT2D eigenvalue weighted by Gasteiger charge is 2.20. The summed E-state index contributed by atoms with van der Waals surface area (Å²) in [7, 11) is 0. The third-order valence-electron chi connectivity index (χ3n) is 9.74. The van der Waals surface area contributed by atoms with Gasteiger partial charge < -0.3 is 4.57 Å². The number of rotatable bonds is 5. The molecule has 0 aliphatic rings. The van der Waals surface area contributed by atoms with Gasteiger partial charge in [0.2, 0.25) is 0 Å². The van der Waals surface area contributed by atoms with Gasteiger partial charge in [-0.15, -0.1) is 0 Å². The summed E-state index contributed by atoms with van der Waals surface area (Å²) in [6.45, 7) is 0. The van der Waals surface area contributed by atoms with Crippen LogP contribution in [0.3, 0.4) is 0 Å². The zero-order chi connectivity index (χ0) is 33.0. The number of para-hydroxylation sites is 3. The van der Waals surface area contributed by atoms with Gasteiger partial charge in [-0.3, -0.25) is 4.57 Å². The van der Waals surface area contributed by atoms with Crippen molar-refractivity contribution in [2.24, 2.45) is 0 Å². The Hall–Kier alpha value is -6.78. The van der Waals surface area contributed by atoms with E-state index in [1.165, 1.54) is 38.1 Å². The molecule has 0 spiro atoms. The van der Waals surface area contributed by atoms with Crippen LogP contribution in [0.1, 0.15) is 0 Å². The zero-order valence-electron chi connectivity index (χ0n) is 27.1. The summed E-state index contributed by atoms with van der Waals surface area (Å²) in [5.41, 5.74) is 11.0. The van der Waals surface area contributed by atoms with Crippen LogP contribution in [0.25, 0.3) is 88.9 Å². The van der Waals surface area contributed by atoms with Crippen LogP contribution in [0.2, 0.25) is 0 Å². The highest BCUT2D eigenvalue weighted by atomic mass is 15.1. The Morgan fingerprint density at radius 3 is 1.44 bits per heavy atom. The molecule has 0 saturated carbocycles. The predicted molar refractivity (Wildman–Crippen MR) is 207 cm³/mol. The molecule has 0 fully saturated rings. The van der Waals surface area contributed by atoms with E-state index in [2.05, 4.69) is 179 Å². The largest absolute Gasteiger partial charge is 0.309 e. The van der Waals surface area contributed by atoms with Crippen LogP contribution in [0, 0.1) is 0 Å². The minimum Gasteiger partial charge on any atom is -0.309 e. The van der Waals surface area contributed by atoms with Crippen molar-refractivity contribution < 1.29 is 0 Å². The number of nitrogens with zero attached hydrogens (tertiary/aromatic N) is 4. The van der Waals surface area contributed by atoms with Gasteiger partial charge in [-0.05, 0) is 47.5 Å². The third kappa shape index (κ3) is 4.54. The number of aromatic nitrogens is 4. The lowest BCUT2D eigenvalue weighted by molar-refractivity contribution is 1.05. The normalized spacial score (nSPS) is 11.6. The SMILES string of the molecule is c1ccc(-c2ccc(-c3nc(-c4ccccc4)cc(-n4c5ccccc5c5cc6c(cc54)c4ccccc4n6-c4ccccc4)n3)cc2)cc1. The fraction of sp³-hybridized carbons (Fsp3) is 0. The fourth-order valence-corrected chi connectivity index (χ4v) is 7.41. The third-order valence-corrected chi connectivity index (χ3v) is 9.74. The van der Waals surface area contributed by atoms with Crippen LogP contribution in [-0.4, -0.2) is 19.1 Å². The number of fused-ring (bicyclic) bond motifs is 6. The van der Waals surface area contributed by atoms with E-state index in [0.29, 0.717) is 5.82 Å². The van der Waals surface area contributed by atoms with E-state index in [0.717, 1.165) is 44.9 Å². The molecule has 4 nitrogen and oxygen atoms in total. The van der Waals surface area contributed by atoms with Crippen molar-refractivity contribution in [3.05, 3.63) is 182 Å². The molecule has 0 radical (unpaired) electrons. The molecule has 0 amide bonds. The first-order valence-electron chi connectivity index (χ1n) is 16.9. The molecule has 10 aromatic rings. The topological polar surface area (TPSA) is 35.6 Å². The molecule has 4 heteroatoms. The van der Waals surface area contributed by atoms with Gasteiger partial charge in [0.1, 0.15) is 5.82 Å². The lowest BCUT2D eigenvalue weighted by Gasteiger charge is -2.12. The van der Waals surface area contributed by atoms with Crippen molar-refractivity contribution in [2.75, 3.05) is 0 Å². The second-order valence-electron chi connectivity index (χ2n) is 12.7. The van der Waals surface area contributed by atoms with Crippen LogP contribution in [-0.2, 0) is 0 Å². The number of benzene rings is 7. The minimum atomic E-state index is 0.689. The molecule has 0 bridgehead atoms. The second-order valence-corrected chi connectivity index (χ2v) is 12.7. The zero-order valence-corrected chi connectivity index (χ0v) is 27.1. The fourth-order valence-electron chi connectivity index (χ4n) is 7.41. The van der Waals surface area contributed by atoms with Crippen LogP contribution in [0.15, 0.2) is 182 Å². The minimum absolute atomic E-state index is 0.689. The smallest absolute Gasteiger partial charge is 0.162 e. The summed E-state index contributed by atoms with van der Waals surface area (Å²) in [4.78, 5) is 10.5. The number of hydrogen-bond donors (Lipinski definition) is 0. The Kier molecular flexibility index (Phi) is 6.46. The van der Waals surface area contributed by atoms with E-state index >= 15 is 0 Å². The van der Waals surface area contributed by atoms with E-state index < -0.39 is 0 Å². The standard InChI is InChI=1S/C46H30N4/c1-4-14-31(15-5-1)32-24-26-34(27-25-32)46-47-40(33-16-6-2-7-17-33)30-45(48-46)50-42-23-13-11-21-37(42)39-28-43-38(29-44(39)50)36-20-10-12-22-41(36)49(43)35-18-8-3-9-19-35/h1-30H. The van der Waals surface area contributed by atoms with Gasteiger partial charge in [0.25, 0.3) is 0 Å². The molecule has 0 aliphatic carbocycles. The molecule has 7 aromatic carbocycles. The van der Waals surface area contributed by atoms with E-state index in [-0.39, 0.29) is 0 Å². The van der Waals surface area contributed by atoms with Gasteiger partial charge in [0, 0.05) is 44.4 Å². The van der Waals surface area contributed by atoms with Gasteiger partial charge in [-0.1, -0.05) is 140 Å². The first-order valence-corrected chi connectivity index (χ1v) is 16.9. The highest BCUT2D eigenvalue weighted by Crippen LogP contribution is 2.40. The van der Waals surface area contributed by atoms with E-state index in [1.807, 2.05) is 12.1 Å². The molecule has 0 unspecified atom stereocenters. The Morgan fingerprint density at radius 1 is 0.320 bits per heavy atom. The maximum Gasteiger partial charge on any atom is 0.162 e. The molecule has 10 rings (SSSR count).